The molecule has 0 aromatic rings. The molecule has 3 aliphatic heterocycles. The second-order valence-corrected chi connectivity index (χ2v) is 8.96. The third-order valence-corrected chi connectivity index (χ3v) is 6.42. The van der Waals surface area contributed by atoms with E-state index in [4.69, 9.17) is 0 Å². The lowest BCUT2D eigenvalue weighted by molar-refractivity contribution is 0.122. The van der Waals surface area contributed by atoms with Crippen LogP contribution in [-0.2, 0) is 0 Å². The predicted molar refractivity (Wildman–Crippen MR) is 102 cm³/mol. The van der Waals surface area contributed by atoms with Crippen LogP contribution >= 0.6 is 0 Å². The van der Waals surface area contributed by atoms with Crippen molar-refractivity contribution in [1.29, 1.82) is 0 Å². The summed E-state index contributed by atoms with van der Waals surface area (Å²) in [4.78, 5) is 10.7. The summed E-state index contributed by atoms with van der Waals surface area (Å²) in [6.45, 7) is 20.1. The highest BCUT2D eigenvalue weighted by molar-refractivity contribution is 4.79. The summed E-state index contributed by atoms with van der Waals surface area (Å²) in [6, 6.07) is 0.828. The second kappa shape index (κ2) is 8.98. The van der Waals surface area contributed by atoms with Gasteiger partial charge in [-0.3, -0.25) is 9.80 Å². The largest absolute Gasteiger partial charge is 0.302 e. The van der Waals surface area contributed by atoms with Gasteiger partial charge in [-0.1, -0.05) is 13.8 Å². The highest BCUT2D eigenvalue weighted by Gasteiger charge is 2.24. The lowest BCUT2D eigenvalue weighted by Gasteiger charge is -2.35. The molecule has 0 amide bonds. The minimum Gasteiger partial charge on any atom is -0.302 e. The van der Waals surface area contributed by atoms with E-state index in [0.29, 0.717) is 0 Å². The summed E-state index contributed by atoms with van der Waals surface area (Å²) in [5, 5.41) is 0. The third-order valence-electron chi connectivity index (χ3n) is 6.42. The summed E-state index contributed by atoms with van der Waals surface area (Å²) in [6.07, 6.45) is 5.58. The maximum atomic E-state index is 2.70. The quantitative estimate of drug-likeness (QED) is 0.708. The molecule has 3 atom stereocenters. The van der Waals surface area contributed by atoms with Crippen LogP contribution in [0.3, 0.4) is 0 Å². The van der Waals surface area contributed by atoms with Crippen LogP contribution in [0.4, 0.5) is 0 Å². The molecule has 0 aliphatic carbocycles. The van der Waals surface area contributed by atoms with Crippen LogP contribution < -0.4 is 0 Å². The Hall–Kier alpha value is -0.160. The fourth-order valence-corrected chi connectivity index (χ4v) is 5.15. The zero-order chi connectivity index (χ0) is 16.9. The number of nitrogens with zero attached hydrogens (tertiary/aromatic N) is 4. The van der Waals surface area contributed by atoms with E-state index in [1.807, 2.05) is 0 Å². The molecular formula is C20H40N4. The lowest BCUT2D eigenvalue weighted by Crippen LogP contribution is -2.42. The first kappa shape index (κ1) is 18.6. The number of hydrogen-bond donors (Lipinski definition) is 0. The van der Waals surface area contributed by atoms with Gasteiger partial charge in [0.15, 0.2) is 0 Å². The summed E-state index contributed by atoms with van der Waals surface area (Å²) < 4.78 is 0. The van der Waals surface area contributed by atoms with Gasteiger partial charge in [0.05, 0.1) is 6.67 Å². The van der Waals surface area contributed by atoms with E-state index >= 15 is 0 Å². The van der Waals surface area contributed by atoms with Crippen molar-refractivity contribution in [2.75, 3.05) is 65.6 Å². The molecule has 0 aromatic heterocycles. The van der Waals surface area contributed by atoms with Gasteiger partial charge >= 0.3 is 0 Å². The van der Waals surface area contributed by atoms with Crippen LogP contribution in [0, 0.1) is 11.8 Å². The Morgan fingerprint density at radius 2 is 1.42 bits per heavy atom. The fourth-order valence-electron chi connectivity index (χ4n) is 5.15. The number of rotatable bonds is 7. The molecule has 3 rings (SSSR count). The average Bonchev–Trinajstić information content (AvgIpc) is 3.14. The van der Waals surface area contributed by atoms with Gasteiger partial charge < -0.3 is 9.80 Å². The Morgan fingerprint density at radius 1 is 0.750 bits per heavy atom. The van der Waals surface area contributed by atoms with Crippen molar-refractivity contribution in [3.63, 3.8) is 0 Å². The summed E-state index contributed by atoms with van der Waals surface area (Å²) in [5.41, 5.74) is 0. The Morgan fingerprint density at radius 3 is 2.08 bits per heavy atom. The van der Waals surface area contributed by atoms with Crippen LogP contribution in [0.2, 0.25) is 0 Å². The van der Waals surface area contributed by atoms with Gasteiger partial charge in [0.2, 0.25) is 0 Å². The van der Waals surface area contributed by atoms with Gasteiger partial charge in [-0.15, -0.1) is 0 Å². The molecule has 4 heteroatoms. The molecule has 3 saturated heterocycles. The lowest BCUT2D eigenvalue weighted by atomic mass is 9.92. The number of likely N-dealkylation sites (tertiary alicyclic amines) is 2. The molecular weight excluding hydrogens is 296 g/mol. The molecule has 0 saturated carbocycles. The monoisotopic (exact) mass is 336 g/mol. The highest BCUT2D eigenvalue weighted by Crippen LogP contribution is 2.21. The summed E-state index contributed by atoms with van der Waals surface area (Å²) >= 11 is 0. The Kier molecular flexibility index (Phi) is 6.97. The van der Waals surface area contributed by atoms with Gasteiger partial charge in [-0.2, -0.15) is 0 Å². The molecule has 3 heterocycles. The minimum absolute atomic E-state index is 0.828. The van der Waals surface area contributed by atoms with Crippen molar-refractivity contribution in [2.24, 2.45) is 11.8 Å². The zero-order valence-corrected chi connectivity index (χ0v) is 16.4. The minimum atomic E-state index is 0.828. The van der Waals surface area contributed by atoms with E-state index in [2.05, 4.69) is 40.4 Å². The number of hydrogen-bond acceptors (Lipinski definition) is 4. The van der Waals surface area contributed by atoms with E-state index in [9.17, 15) is 0 Å². The van der Waals surface area contributed by atoms with Gasteiger partial charge in [0.1, 0.15) is 0 Å². The van der Waals surface area contributed by atoms with Crippen LogP contribution in [0.5, 0.6) is 0 Å². The molecule has 3 aliphatic rings. The normalized spacial score (nSPS) is 34.4. The molecule has 1 unspecified atom stereocenters. The topological polar surface area (TPSA) is 13.0 Å². The molecule has 0 spiro atoms. The van der Waals surface area contributed by atoms with Crippen molar-refractivity contribution in [1.82, 2.24) is 19.6 Å². The van der Waals surface area contributed by atoms with Crippen molar-refractivity contribution in [3.05, 3.63) is 0 Å². The van der Waals surface area contributed by atoms with Crippen molar-refractivity contribution >= 4 is 0 Å². The van der Waals surface area contributed by atoms with E-state index in [0.717, 1.165) is 17.9 Å². The standard InChI is InChI=1S/C20H40N4/c1-18-14-19(2)16-23(15-18)13-12-22-11-10-21(17-22)7-5-9-24-8-4-6-20(24)3/h18-20H,4-17H2,1-3H3/t18-,19+,20?. The van der Waals surface area contributed by atoms with E-state index in [-0.39, 0.29) is 0 Å². The van der Waals surface area contributed by atoms with Gasteiger partial charge in [0.25, 0.3) is 0 Å². The predicted octanol–water partition coefficient (Wildman–Crippen LogP) is 2.41. The number of piperidine rings is 1. The van der Waals surface area contributed by atoms with Crippen molar-refractivity contribution in [3.8, 4) is 0 Å². The molecule has 24 heavy (non-hydrogen) atoms. The zero-order valence-electron chi connectivity index (χ0n) is 16.4. The van der Waals surface area contributed by atoms with Crippen LogP contribution in [-0.4, -0.2) is 91.2 Å². The fraction of sp³-hybridized carbons (Fsp3) is 1.00. The average molecular weight is 337 g/mol. The molecule has 0 radical (unpaired) electrons. The van der Waals surface area contributed by atoms with Gasteiger partial charge in [0, 0.05) is 51.9 Å². The SMILES string of the molecule is CC1CCCN1CCCN1CCN(CCN2C[C@H](C)C[C@H](C)C2)C1. The molecule has 140 valence electrons. The van der Waals surface area contributed by atoms with E-state index < -0.39 is 0 Å². The van der Waals surface area contributed by atoms with Crippen molar-refractivity contribution in [2.45, 2.75) is 52.5 Å². The van der Waals surface area contributed by atoms with Crippen LogP contribution in [0.15, 0.2) is 0 Å². The van der Waals surface area contributed by atoms with E-state index in [1.165, 1.54) is 91.3 Å². The third kappa shape index (κ3) is 5.42. The second-order valence-electron chi connectivity index (χ2n) is 8.96. The highest BCUT2D eigenvalue weighted by atomic mass is 15.4. The van der Waals surface area contributed by atoms with Gasteiger partial charge in [-0.05, 0) is 57.5 Å². The molecule has 0 bridgehead atoms. The first-order valence-electron chi connectivity index (χ1n) is 10.5. The van der Waals surface area contributed by atoms with Crippen LogP contribution in [0.1, 0.15) is 46.5 Å². The first-order chi connectivity index (χ1) is 11.6. The summed E-state index contributed by atoms with van der Waals surface area (Å²) in [5.74, 6) is 1.77. The van der Waals surface area contributed by atoms with E-state index in [1.54, 1.807) is 0 Å². The Labute approximate surface area is 150 Å². The van der Waals surface area contributed by atoms with Crippen LogP contribution in [0.25, 0.3) is 0 Å². The molecule has 4 nitrogen and oxygen atoms in total. The Bertz CT molecular complexity index is 365. The van der Waals surface area contributed by atoms with Crippen molar-refractivity contribution < 1.29 is 0 Å². The maximum Gasteiger partial charge on any atom is 0.0507 e. The molecule has 3 fully saturated rings. The molecule has 0 aromatic carbocycles. The maximum absolute atomic E-state index is 2.70. The smallest absolute Gasteiger partial charge is 0.0507 e. The Balaban J connectivity index is 1.28. The van der Waals surface area contributed by atoms with Gasteiger partial charge in [-0.25, -0.2) is 0 Å². The first-order valence-corrected chi connectivity index (χ1v) is 10.5. The summed E-state index contributed by atoms with van der Waals surface area (Å²) in [7, 11) is 0. The molecule has 0 N–H and O–H groups in total.